The summed E-state index contributed by atoms with van der Waals surface area (Å²) in [5.74, 6) is -0.0680. The topological polar surface area (TPSA) is 53.0 Å². The number of para-hydroxylation sites is 1. The molecule has 138 valence electrons. The van der Waals surface area contributed by atoms with Gasteiger partial charge in [0.15, 0.2) is 0 Å². The number of carbonyl (C=O) groups is 2. The number of nitrogens with zero attached hydrogens (tertiary/aromatic N) is 3. The molecule has 0 N–H and O–H groups in total. The van der Waals surface area contributed by atoms with E-state index < -0.39 is 0 Å². The van der Waals surface area contributed by atoms with Gasteiger partial charge in [-0.15, -0.1) is 0 Å². The van der Waals surface area contributed by atoms with E-state index in [-0.39, 0.29) is 24.7 Å². The summed E-state index contributed by atoms with van der Waals surface area (Å²) in [6.45, 7) is 1.31. The molecule has 2 aromatic rings. The number of hydrazone groups is 1. The van der Waals surface area contributed by atoms with Crippen LogP contribution < -0.4 is 4.90 Å². The zero-order valence-corrected chi connectivity index (χ0v) is 15.3. The van der Waals surface area contributed by atoms with Crippen molar-refractivity contribution in [3.8, 4) is 0 Å². The van der Waals surface area contributed by atoms with E-state index in [1.807, 2.05) is 53.4 Å². The van der Waals surface area contributed by atoms with Gasteiger partial charge in [0.1, 0.15) is 0 Å². The molecule has 2 amide bonds. The summed E-state index contributed by atoms with van der Waals surface area (Å²) >= 11 is 0. The Bertz CT molecular complexity index is 876. The Morgan fingerprint density at radius 3 is 2.44 bits per heavy atom. The molecular weight excluding hydrogens is 338 g/mol. The predicted molar refractivity (Wildman–Crippen MR) is 106 cm³/mol. The molecular formula is C22H23N3O2. The summed E-state index contributed by atoms with van der Waals surface area (Å²) in [7, 11) is 0. The van der Waals surface area contributed by atoms with E-state index in [4.69, 9.17) is 0 Å². The third-order valence-electron chi connectivity index (χ3n) is 5.16. The zero-order chi connectivity index (χ0) is 18.6. The summed E-state index contributed by atoms with van der Waals surface area (Å²) in [6.07, 6.45) is 3.14. The fourth-order valence-corrected chi connectivity index (χ4v) is 3.74. The Kier molecular flexibility index (Phi) is 5.01. The molecule has 2 aliphatic heterocycles. The molecule has 0 aromatic heterocycles. The molecule has 2 aliphatic rings. The van der Waals surface area contributed by atoms with Crippen molar-refractivity contribution in [3.05, 3.63) is 65.7 Å². The molecule has 0 bridgehead atoms. The minimum Gasteiger partial charge on any atom is -0.312 e. The summed E-state index contributed by atoms with van der Waals surface area (Å²) in [6, 6.07) is 17.9. The van der Waals surface area contributed by atoms with Crippen molar-refractivity contribution in [2.75, 3.05) is 18.0 Å². The maximum Gasteiger partial charge on any atom is 0.243 e. The highest BCUT2D eigenvalue weighted by atomic mass is 16.2. The number of rotatable bonds is 4. The number of fused-ring (bicyclic) bond motifs is 1. The van der Waals surface area contributed by atoms with Crippen LogP contribution in [-0.2, 0) is 16.0 Å². The Hall–Kier alpha value is -2.95. The molecule has 4 rings (SSSR count). The highest BCUT2D eigenvalue weighted by Crippen LogP contribution is 2.27. The number of anilines is 1. The average Bonchev–Trinajstić information content (AvgIpc) is 3.22. The minimum atomic E-state index is -0.0837. The second-order valence-corrected chi connectivity index (χ2v) is 6.96. The lowest BCUT2D eigenvalue weighted by Crippen LogP contribution is -2.36. The molecule has 0 unspecified atom stereocenters. The number of hydrogen-bond donors (Lipinski definition) is 0. The van der Waals surface area contributed by atoms with Crippen molar-refractivity contribution in [1.82, 2.24) is 5.01 Å². The second-order valence-electron chi connectivity index (χ2n) is 6.96. The quantitative estimate of drug-likeness (QED) is 0.838. The molecule has 2 heterocycles. The summed E-state index contributed by atoms with van der Waals surface area (Å²) in [5.41, 5.74) is 4.18. The van der Waals surface area contributed by atoms with Gasteiger partial charge in [-0.2, -0.15) is 5.10 Å². The van der Waals surface area contributed by atoms with E-state index in [0.717, 1.165) is 42.8 Å². The summed E-state index contributed by atoms with van der Waals surface area (Å²) < 4.78 is 0. The number of benzene rings is 2. The van der Waals surface area contributed by atoms with Gasteiger partial charge in [0, 0.05) is 31.5 Å². The van der Waals surface area contributed by atoms with Gasteiger partial charge in [-0.1, -0.05) is 48.5 Å². The van der Waals surface area contributed by atoms with Crippen LogP contribution in [0.1, 0.15) is 36.8 Å². The molecule has 0 radical (unpaired) electrons. The van der Waals surface area contributed by atoms with Gasteiger partial charge in [0.25, 0.3) is 0 Å². The van der Waals surface area contributed by atoms with Gasteiger partial charge in [-0.25, -0.2) is 5.01 Å². The molecule has 5 nitrogen and oxygen atoms in total. The van der Waals surface area contributed by atoms with Gasteiger partial charge < -0.3 is 4.90 Å². The Balaban J connectivity index is 1.36. The first-order valence-electron chi connectivity index (χ1n) is 9.54. The van der Waals surface area contributed by atoms with Crippen LogP contribution in [0.2, 0.25) is 0 Å². The molecule has 5 heteroatoms. The van der Waals surface area contributed by atoms with Gasteiger partial charge in [0.05, 0.1) is 12.3 Å². The minimum absolute atomic E-state index is 0.0157. The molecule has 2 aromatic carbocycles. The van der Waals surface area contributed by atoms with Crippen LogP contribution in [0.4, 0.5) is 5.69 Å². The van der Waals surface area contributed by atoms with Crippen LogP contribution in [0, 0.1) is 0 Å². The fraction of sp³-hybridized carbons (Fsp3) is 0.318. The largest absolute Gasteiger partial charge is 0.312 e. The van der Waals surface area contributed by atoms with E-state index in [1.165, 1.54) is 10.6 Å². The van der Waals surface area contributed by atoms with Gasteiger partial charge in [-0.05, 0) is 30.0 Å². The third-order valence-corrected chi connectivity index (χ3v) is 5.16. The number of carbonyl (C=O) groups excluding carboxylic acids is 2. The van der Waals surface area contributed by atoms with E-state index >= 15 is 0 Å². The molecule has 27 heavy (non-hydrogen) atoms. The van der Waals surface area contributed by atoms with Gasteiger partial charge >= 0.3 is 0 Å². The van der Waals surface area contributed by atoms with Gasteiger partial charge in [-0.3, -0.25) is 9.59 Å². The highest BCUT2D eigenvalue weighted by Gasteiger charge is 2.25. The van der Waals surface area contributed by atoms with E-state index in [1.54, 1.807) is 0 Å². The average molecular weight is 361 g/mol. The van der Waals surface area contributed by atoms with Crippen LogP contribution in [0.3, 0.4) is 0 Å². The summed E-state index contributed by atoms with van der Waals surface area (Å²) in [5, 5.41) is 5.97. The molecule has 0 saturated heterocycles. The zero-order valence-electron chi connectivity index (χ0n) is 15.3. The first-order valence-corrected chi connectivity index (χ1v) is 9.54. The first kappa shape index (κ1) is 17.5. The maximum atomic E-state index is 12.7. The second kappa shape index (κ2) is 7.74. The normalized spacial score (nSPS) is 16.1. The fourth-order valence-electron chi connectivity index (χ4n) is 3.74. The number of hydrogen-bond acceptors (Lipinski definition) is 3. The Morgan fingerprint density at radius 1 is 0.852 bits per heavy atom. The van der Waals surface area contributed by atoms with Crippen LogP contribution in [0.15, 0.2) is 59.7 Å². The maximum absolute atomic E-state index is 12.7. The van der Waals surface area contributed by atoms with Crippen molar-refractivity contribution < 1.29 is 9.59 Å². The van der Waals surface area contributed by atoms with Crippen molar-refractivity contribution >= 4 is 23.2 Å². The molecule has 0 aliphatic carbocycles. The Morgan fingerprint density at radius 2 is 1.59 bits per heavy atom. The lowest BCUT2D eigenvalue weighted by atomic mass is 10.0. The molecule has 0 spiro atoms. The highest BCUT2D eigenvalue weighted by molar-refractivity contribution is 6.03. The molecule has 0 saturated carbocycles. The van der Waals surface area contributed by atoms with E-state index in [2.05, 4.69) is 11.2 Å². The van der Waals surface area contributed by atoms with Crippen LogP contribution in [0.5, 0.6) is 0 Å². The SMILES string of the molecule is O=C(CCC(=O)N1CCCc2ccccc21)N1CCC(c2ccccc2)=N1. The molecule has 0 atom stereocenters. The van der Waals surface area contributed by atoms with Crippen LogP contribution in [0.25, 0.3) is 0 Å². The third kappa shape index (κ3) is 3.77. The monoisotopic (exact) mass is 361 g/mol. The lowest BCUT2D eigenvalue weighted by molar-refractivity contribution is -0.132. The van der Waals surface area contributed by atoms with Crippen molar-refractivity contribution in [2.45, 2.75) is 32.1 Å². The first-order chi connectivity index (χ1) is 13.2. The van der Waals surface area contributed by atoms with Crippen molar-refractivity contribution in [2.24, 2.45) is 5.10 Å². The van der Waals surface area contributed by atoms with Crippen molar-refractivity contribution in [1.29, 1.82) is 0 Å². The lowest BCUT2D eigenvalue weighted by Gasteiger charge is -2.29. The summed E-state index contributed by atoms with van der Waals surface area (Å²) in [4.78, 5) is 27.0. The van der Waals surface area contributed by atoms with E-state index in [0.29, 0.717) is 6.54 Å². The molecule has 0 fully saturated rings. The number of amides is 2. The predicted octanol–water partition coefficient (Wildman–Crippen LogP) is 3.38. The van der Waals surface area contributed by atoms with E-state index in [9.17, 15) is 9.59 Å². The number of aryl methyl sites for hydroxylation is 1. The standard InChI is InChI=1S/C22H23N3O2/c26-21(24-15-6-10-18-9-4-5-11-20(18)24)12-13-22(27)25-16-14-19(23-25)17-7-2-1-3-8-17/h1-5,7-9,11H,6,10,12-16H2. The van der Waals surface area contributed by atoms with Crippen LogP contribution >= 0.6 is 0 Å². The van der Waals surface area contributed by atoms with Crippen LogP contribution in [-0.4, -0.2) is 35.6 Å². The van der Waals surface area contributed by atoms with Crippen molar-refractivity contribution in [3.63, 3.8) is 0 Å². The van der Waals surface area contributed by atoms with Gasteiger partial charge in [0.2, 0.25) is 11.8 Å². The smallest absolute Gasteiger partial charge is 0.243 e. The Labute approximate surface area is 159 Å².